The number of hydrogen-bond donors (Lipinski definition) is 2. The summed E-state index contributed by atoms with van der Waals surface area (Å²) in [6.07, 6.45) is 4.18. The second-order valence-electron chi connectivity index (χ2n) is 5.64. The van der Waals surface area contributed by atoms with E-state index in [0.29, 0.717) is 39.6 Å². The Kier molecular flexibility index (Phi) is 9.29. The van der Waals surface area contributed by atoms with Crippen molar-refractivity contribution in [1.82, 2.24) is 0 Å². The van der Waals surface area contributed by atoms with Crippen molar-refractivity contribution >= 4 is 17.8 Å². The minimum absolute atomic E-state index is 0.518. The van der Waals surface area contributed by atoms with E-state index in [2.05, 4.69) is 41.7 Å². The predicted molar refractivity (Wildman–Crippen MR) is 108 cm³/mol. The van der Waals surface area contributed by atoms with Gasteiger partial charge in [-0.2, -0.15) is 0 Å². The Morgan fingerprint density at radius 1 is 0.769 bits per heavy atom. The van der Waals surface area contributed by atoms with Crippen molar-refractivity contribution in [2.24, 2.45) is 5.73 Å². The SMILES string of the molecule is CNc1ccc(C=Cc2ccc(OCCOCCOCCN)cc2)cc1. The Labute approximate surface area is 155 Å². The maximum Gasteiger partial charge on any atom is 0.119 e. The van der Waals surface area contributed by atoms with Gasteiger partial charge in [0.2, 0.25) is 0 Å². The molecule has 0 aliphatic rings. The van der Waals surface area contributed by atoms with Gasteiger partial charge in [0.05, 0.1) is 26.4 Å². The van der Waals surface area contributed by atoms with Crippen LogP contribution in [-0.4, -0.2) is 46.6 Å². The average Bonchev–Trinajstić information content (AvgIpc) is 2.69. The molecule has 0 spiro atoms. The highest BCUT2D eigenvalue weighted by Gasteiger charge is 1.95. The van der Waals surface area contributed by atoms with Gasteiger partial charge in [0.25, 0.3) is 0 Å². The van der Waals surface area contributed by atoms with Crippen molar-refractivity contribution in [3.8, 4) is 5.75 Å². The lowest BCUT2D eigenvalue weighted by Gasteiger charge is -2.07. The molecule has 3 N–H and O–H groups in total. The summed E-state index contributed by atoms with van der Waals surface area (Å²) < 4.78 is 16.3. The quantitative estimate of drug-likeness (QED) is 0.451. The van der Waals surface area contributed by atoms with Crippen molar-refractivity contribution in [2.45, 2.75) is 0 Å². The van der Waals surface area contributed by atoms with Gasteiger partial charge in [-0.15, -0.1) is 0 Å². The molecule has 0 saturated heterocycles. The monoisotopic (exact) mass is 356 g/mol. The molecule has 0 saturated carbocycles. The molecule has 0 fully saturated rings. The number of nitrogens with one attached hydrogen (secondary N) is 1. The molecule has 0 amide bonds. The van der Waals surface area contributed by atoms with Gasteiger partial charge in [-0.3, -0.25) is 0 Å². The zero-order valence-electron chi connectivity index (χ0n) is 15.3. The third kappa shape index (κ3) is 7.70. The Morgan fingerprint density at radius 2 is 1.31 bits per heavy atom. The van der Waals surface area contributed by atoms with E-state index in [1.165, 1.54) is 0 Å². The first-order valence-corrected chi connectivity index (χ1v) is 8.86. The fraction of sp³-hybridized carbons (Fsp3) is 0.333. The van der Waals surface area contributed by atoms with Crippen molar-refractivity contribution < 1.29 is 14.2 Å². The van der Waals surface area contributed by atoms with E-state index in [0.717, 1.165) is 22.6 Å². The van der Waals surface area contributed by atoms with Crippen molar-refractivity contribution in [3.05, 3.63) is 59.7 Å². The summed E-state index contributed by atoms with van der Waals surface area (Å²) in [5.74, 6) is 0.837. The molecule has 5 heteroatoms. The van der Waals surface area contributed by atoms with Crippen LogP contribution in [-0.2, 0) is 9.47 Å². The van der Waals surface area contributed by atoms with Crippen molar-refractivity contribution in [3.63, 3.8) is 0 Å². The van der Waals surface area contributed by atoms with Crippen LogP contribution in [0.2, 0.25) is 0 Å². The molecule has 0 bridgehead atoms. The van der Waals surface area contributed by atoms with Crippen LogP contribution in [0.3, 0.4) is 0 Å². The lowest BCUT2D eigenvalue weighted by Crippen LogP contribution is -2.14. The molecule has 140 valence electrons. The molecule has 0 radical (unpaired) electrons. The van der Waals surface area contributed by atoms with Crippen molar-refractivity contribution in [1.29, 1.82) is 0 Å². The Morgan fingerprint density at radius 3 is 1.88 bits per heavy atom. The molecule has 0 heterocycles. The van der Waals surface area contributed by atoms with Crippen LogP contribution < -0.4 is 15.8 Å². The number of ether oxygens (including phenoxy) is 3. The fourth-order valence-electron chi connectivity index (χ4n) is 2.25. The maximum absolute atomic E-state index is 5.66. The van der Waals surface area contributed by atoms with Crippen LogP contribution in [0.1, 0.15) is 11.1 Å². The number of nitrogens with two attached hydrogens (primary N) is 1. The van der Waals surface area contributed by atoms with Crippen LogP contribution in [0.5, 0.6) is 5.75 Å². The Balaban J connectivity index is 1.68. The van der Waals surface area contributed by atoms with Crippen molar-refractivity contribution in [2.75, 3.05) is 51.9 Å². The summed E-state index contributed by atoms with van der Waals surface area (Å²) in [6.45, 7) is 3.29. The Hall–Kier alpha value is -2.34. The lowest BCUT2D eigenvalue weighted by atomic mass is 10.1. The first-order chi connectivity index (χ1) is 12.8. The third-order valence-corrected chi connectivity index (χ3v) is 3.68. The van der Waals surface area contributed by atoms with Crippen LogP contribution in [0, 0.1) is 0 Å². The summed E-state index contributed by atoms with van der Waals surface area (Å²) in [7, 11) is 1.92. The normalized spacial score (nSPS) is 11.0. The summed E-state index contributed by atoms with van der Waals surface area (Å²) in [6, 6.07) is 16.3. The van der Waals surface area contributed by atoms with E-state index in [4.69, 9.17) is 19.9 Å². The number of benzene rings is 2. The zero-order valence-corrected chi connectivity index (χ0v) is 15.3. The van der Waals surface area contributed by atoms with E-state index >= 15 is 0 Å². The molecule has 2 aromatic carbocycles. The third-order valence-electron chi connectivity index (χ3n) is 3.68. The Bertz CT molecular complexity index is 639. The number of rotatable bonds is 12. The molecule has 0 aliphatic heterocycles. The predicted octanol–water partition coefficient (Wildman–Crippen LogP) is 3.27. The number of anilines is 1. The number of hydrogen-bond acceptors (Lipinski definition) is 5. The average molecular weight is 356 g/mol. The van der Waals surface area contributed by atoms with Crippen LogP contribution >= 0.6 is 0 Å². The first kappa shape index (κ1) is 20.0. The smallest absolute Gasteiger partial charge is 0.119 e. The molecule has 0 aliphatic carbocycles. The minimum Gasteiger partial charge on any atom is -0.491 e. The summed E-state index contributed by atoms with van der Waals surface area (Å²) in [5.41, 5.74) is 8.73. The standard InChI is InChI=1S/C21H28N2O3/c1-23-20-8-4-18(5-9-20)2-3-19-6-10-21(11-7-19)26-17-16-25-15-14-24-13-12-22/h2-11,23H,12-17,22H2,1H3. The molecular formula is C21H28N2O3. The molecule has 5 nitrogen and oxygen atoms in total. The van der Waals surface area contributed by atoms with Gasteiger partial charge >= 0.3 is 0 Å². The largest absolute Gasteiger partial charge is 0.491 e. The molecule has 2 aromatic rings. The van der Waals surface area contributed by atoms with Gasteiger partial charge < -0.3 is 25.3 Å². The second-order valence-corrected chi connectivity index (χ2v) is 5.64. The van der Waals surface area contributed by atoms with Gasteiger partial charge in [0.1, 0.15) is 12.4 Å². The van der Waals surface area contributed by atoms with Crippen LogP contribution in [0.25, 0.3) is 12.2 Å². The minimum atomic E-state index is 0.518. The topological polar surface area (TPSA) is 65.7 Å². The summed E-state index contributed by atoms with van der Waals surface area (Å²) in [5, 5.41) is 3.11. The summed E-state index contributed by atoms with van der Waals surface area (Å²) >= 11 is 0. The molecule has 0 aromatic heterocycles. The molecule has 2 rings (SSSR count). The fourth-order valence-corrected chi connectivity index (χ4v) is 2.25. The summed E-state index contributed by atoms with van der Waals surface area (Å²) in [4.78, 5) is 0. The van der Waals surface area contributed by atoms with Gasteiger partial charge in [0.15, 0.2) is 0 Å². The van der Waals surface area contributed by atoms with Gasteiger partial charge in [-0.05, 0) is 35.4 Å². The first-order valence-electron chi connectivity index (χ1n) is 8.86. The highest BCUT2D eigenvalue weighted by molar-refractivity contribution is 5.70. The van der Waals surface area contributed by atoms with Crippen LogP contribution in [0.4, 0.5) is 5.69 Å². The highest BCUT2D eigenvalue weighted by Crippen LogP contribution is 2.15. The lowest BCUT2D eigenvalue weighted by molar-refractivity contribution is 0.0388. The van der Waals surface area contributed by atoms with E-state index in [-0.39, 0.29) is 0 Å². The second kappa shape index (κ2) is 12.1. The van der Waals surface area contributed by atoms with Gasteiger partial charge in [0, 0.05) is 19.3 Å². The zero-order chi connectivity index (χ0) is 18.5. The highest BCUT2D eigenvalue weighted by atomic mass is 16.5. The van der Waals surface area contributed by atoms with E-state index in [9.17, 15) is 0 Å². The van der Waals surface area contributed by atoms with Gasteiger partial charge in [-0.25, -0.2) is 0 Å². The molecule has 0 unspecified atom stereocenters. The molecule has 0 atom stereocenters. The van der Waals surface area contributed by atoms with E-state index < -0.39 is 0 Å². The maximum atomic E-state index is 5.66. The van der Waals surface area contributed by atoms with E-state index in [1.807, 2.05) is 31.3 Å². The van der Waals surface area contributed by atoms with E-state index in [1.54, 1.807) is 0 Å². The van der Waals surface area contributed by atoms with Gasteiger partial charge in [-0.1, -0.05) is 36.4 Å². The molecule has 26 heavy (non-hydrogen) atoms. The molecular weight excluding hydrogens is 328 g/mol. The van der Waals surface area contributed by atoms with Crippen LogP contribution in [0.15, 0.2) is 48.5 Å².